The maximum atomic E-state index is 12.7. The van der Waals surface area contributed by atoms with Crippen LogP contribution in [0.3, 0.4) is 0 Å². The molecule has 5 rings (SSSR count). The largest absolute Gasteiger partial charge is 0.447 e. The molecule has 1 aromatic carbocycles. The molecule has 0 aliphatic carbocycles. The van der Waals surface area contributed by atoms with Gasteiger partial charge in [-0.25, -0.2) is 0 Å². The summed E-state index contributed by atoms with van der Waals surface area (Å²) in [5.74, 6) is 1.11. The molecule has 0 spiro atoms. The molecule has 1 aromatic heterocycles. The van der Waals surface area contributed by atoms with Crippen LogP contribution in [0, 0.1) is 5.92 Å². The third-order valence-electron chi connectivity index (χ3n) is 5.69. The van der Waals surface area contributed by atoms with Crippen molar-refractivity contribution in [2.24, 2.45) is 5.92 Å². The van der Waals surface area contributed by atoms with E-state index in [0.717, 1.165) is 18.1 Å². The molecule has 3 aliphatic heterocycles. The number of nitrogens with one attached hydrogen (secondary N) is 2. The first-order chi connectivity index (χ1) is 13.5. The minimum Gasteiger partial charge on any atom is -0.447 e. The highest BCUT2D eigenvalue weighted by Gasteiger charge is 2.40. The number of nitrogens with zero attached hydrogens (tertiary/aromatic N) is 1. The summed E-state index contributed by atoms with van der Waals surface area (Å²) >= 11 is 1.36. The van der Waals surface area contributed by atoms with Gasteiger partial charge in [0.2, 0.25) is 5.91 Å². The highest BCUT2D eigenvalue weighted by Crippen LogP contribution is 2.34. The third-order valence-corrected chi connectivity index (χ3v) is 6.57. The van der Waals surface area contributed by atoms with Gasteiger partial charge in [-0.2, -0.15) is 0 Å². The minimum absolute atomic E-state index is 0.0266. The molecule has 28 heavy (non-hydrogen) atoms. The van der Waals surface area contributed by atoms with Gasteiger partial charge in [-0.05, 0) is 75.2 Å². The molecule has 3 fully saturated rings. The number of piperidine rings is 3. The predicted molar refractivity (Wildman–Crippen MR) is 110 cm³/mol. The van der Waals surface area contributed by atoms with Gasteiger partial charge in [0.15, 0.2) is 5.06 Å². The van der Waals surface area contributed by atoms with E-state index in [1.807, 2.05) is 6.07 Å². The van der Waals surface area contributed by atoms with Crippen LogP contribution in [0.5, 0.6) is 10.8 Å². The fraction of sp³-hybridized carbons (Fsp3) is 0.429. The van der Waals surface area contributed by atoms with Gasteiger partial charge in [0.05, 0.1) is 5.00 Å². The average Bonchev–Trinajstić information content (AvgIpc) is 3.11. The number of carbonyl (C=O) groups excluding carboxylic acids is 2. The summed E-state index contributed by atoms with van der Waals surface area (Å²) in [6.45, 7) is 5.98. The fourth-order valence-corrected chi connectivity index (χ4v) is 5.01. The quantitative estimate of drug-likeness (QED) is 0.804. The summed E-state index contributed by atoms with van der Waals surface area (Å²) in [6, 6.07) is 11.4. The molecule has 2 amide bonds. The van der Waals surface area contributed by atoms with Crippen LogP contribution < -0.4 is 15.4 Å². The molecule has 148 valence electrons. The van der Waals surface area contributed by atoms with Crippen molar-refractivity contribution in [1.29, 1.82) is 0 Å². The van der Waals surface area contributed by atoms with Gasteiger partial charge < -0.3 is 15.4 Å². The molecule has 7 heteroatoms. The number of fused-ring (bicyclic) bond motifs is 3. The molecular weight excluding hydrogens is 374 g/mol. The van der Waals surface area contributed by atoms with Crippen molar-refractivity contribution in [3.05, 3.63) is 42.0 Å². The van der Waals surface area contributed by atoms with Crippen LogP contribution in [0.25, 0.3) is 0 Å². The topological polar surface area (TPSA) is 70.7 Å². The maximum Gasteiger partial charge on any atom is 0.251 e. The van der Waals surface area contributed by atoms with Crippen LogP contribution in [-0.4, -0.2) is 41.9 Å². The second kappa shape index (κ2) is 7.93. The van der Waals surface area contributed by atoms with E-state index in [-0.39, 0.29) is 17.9 Å². The van der Waals surface area contributed by atoms with E-state index < -0.39 is 0 Å². The van der Waals surface area contributed by atoms with Crippen molar-refractivity contribution in [2.75, 3.05) is 18.4 Å². The second-order valence-corrected chi connectivity index (χ2v) is 8.59. The number of hydrogen-bond donors (Lipinski definition) is 2. The zero-order valence-electron chi connectivity index (χ0n) is 16.1. The Bertz CT molecular complexity index is 854. The number of rotatable bonds is 5. The van der Waals surface area contributed by atoms with Crippen molar-refractivity contribution in [2.45, 2.75) is 38.8 Å². The molecule has 2 bridgehead atoms. The van der Waals surface area contributed by atoms with Gasteiger partial charge in [0.25, 0.3) is 5.91 Å². The lowest BCUT2D eigenvalue weighted by Crippen LogP contribution is -2.62. The number of amides is 2. The smallest absolute Gasteiger partial charge is 0.251 e. The molecule has 2 aromatic rings. The lowest BCUT2D eigenvalue weighted by atomic mass is 9.79. The Morgan fingerprint density at radius 1 is 1.11 bits per heavy atom. The van der Waals surface area contributed by atoms with Crippen LogP contribution in [0.2, 0.25) is 0 Å². The van der Waals surface area contributed by atoms with Crippen molar-refractivity contribution in [3.63, 3.8) is 0 Å². The van der Waals surface area contributed by atoms with E-state index in [4.69, 9.17) is 4.74 Å². The number of carbonyl (C=O) groups is 2. The lowest BCUT2D eigenvalue weighted by molar-refractivity contribution is -0.114. The lowest BCUT2D eigenvalue weighted by Gasteiger charge is -2.49. The summed E-state index contributed by atoms with van der Waals surface area (Å²) in [6.07, 6.45) is 2.34. The molecule has 2 atom stereocenters. The predicted octanol–water partition coefficient (Wildman–Crippen LogP) is 3.71. The van der Waals surface area contributed by atoms with Crippen molar-refractivity contribution < 1.29 is 14.3 Å². The highest BCUT2D eigenvalue weighted by atomic mass is 32.1. The van der Waals surface area contributed by atoms with Crippen LogP contribution in [0.15, 0.2) is 36.4 Å². The van der Waals surface area contributed by atoms with E-state index >= 15 is 0 Å². The summed E-state index contributed by atoms with van der Waals surface area (Å²) in [7, 11) is 0. The number of hydrogen-bond acceptors (Lipinski definition) is 5. The molecule has 4 heterocycles. The first-order valence-corrected chi connectivity index (χ1v) is 10.5. The Morgan fingerprint density at radius 2 is 1.82 bits per heavy atom. The van der Waals surface area contributed by atoms with Gasteiger partial charge in [-0.3, -0.25) is 14.5 Å². The molecular formula is C21H25N3O3S. The molecule has 0 saturated carbocycles. The van der Waals surface area contributed by atoms with E-state index in [1.165, 1.54) is 31.1 Å². The monoisotopic (exact) mass is 399 g/mol. The minimum atomic E-state index is -0.110. The Labute approximate surface area is 168 Å². The summed E-state index contributed by atoms with van der Waals surface area (Å²) in [5.41, 5.74) is 0.640. The number of benzene rings is 1. The van der Waals surface area contributed by atoms with Gasteiger partial charge in [0, 0.05) is 24.6 Å². The van der Waals surface area contributed by atoms with Crippen LogP contribution in [-0.2, 0) is 4.79 Å². The SMILES string of the molecule is CC(=O)Nc1ccc(Oc2ccc(C(=O)NC3C4CCN(CC4)C3C)cc2)s1. The Morgan fingerprint density at radius 3 is 2.46 bits per heavy atom. The molecule has 6 nitrogen and oxygen atoms in total. The molecule has 0 radical (unpaired) electrons. The first kappa shape index (κ1) is 19.0. The first-order valence-electron chi connectivity index (χ1n) is 9.70. The van der Waals surface area contributed by atoms with Gasteiger partial charge in [-0.1, -0.05) is 11.3 Å². The molecule has 2 N–H and O–H groups in total. The third kappa shape index (κ3) is 4.05. The van der Waals surface area contributed by atoms with Gasteiger partial charge in [0.1, 0.15) is 5.75 Å². The zero-order valence-corrected chi connectivity index (χ0v) is 16.9. The molecule has 3 saturated heterocycles. The summed E-state index contributed by atoms with van der Waals surface area (Å²) < 4.78 is 5.81. The van der Waals surface area contributed by atoms with Crippen LogP contribution >= 0.6 is 11.3 Å². The number of thiophene rings is 1. The van der Waals surface area contributed by atoms with Gasteiger partial charge >= 0.3 is 0 Å². The van der Waals surface area contributed by atoms with Crippen molar-refractivity contribution >= 4 is 28.2 Å². The van der Waals surface area contributed by atoms with Crippen LogP contribution in [0.4, 0.5) is 5.00 Å². The molecule has 2 unspecified atom stereocenters. The highest BCUT2D eigenvalue weighted by molar-refractivity contribution is 7.18. The number of anilines is 1. The van der Waals surface area contributed by atoms with Gasteiger partial charge in [-0.15, -0.1) is 0 Å². The van der Waals surface area contributed by atoms with Crippen molar-refractivity contribution in [3.8, 4) is 10.8 Å². The van der Waals surface area contributed by atoms with Crippen molar-refractivity contribution in [1.82, 2.24) is 10.2 Å². The molecule has 3 aliphatic rings. The standard InChI is InChI=1S/C21H25N3O3S/c1-13-20(15-9-11-24(13)12-10-15)23-21(26)16-3-5-17(6-4-16)27-19-8-7-18(28-19)22-14(2)25/h3-8,13,15,20H,9-12H2,1-2H3,(H,22,25)(H,23,26). The summed E-state index contributed by atoms with van der Waals surface area (Å²) in [5, 5.41) is 7.40. The Balaban J connectivity index is 1.37. The van der Waals surface area contributed by atoms with E-state index in [9.17, 15) is 9.59 Å². The zero-order chi connectivity index (χ0) is 19.7. The normalized spacial score (nSPS) is 25.9. The Hall–Kier alpha value is -2.38. The maximum absolute atomic E-state index is 12.7. The Kier molecular flexibility index (Phi) is 5.37. The van der Waals surface area contributed by atoms with Crippen LogP contribution in [0.1, 0.15) is 37.0 Å². The summed E-state index contributed by atoms with van der Waals surface area (Å²) in [4.78, 5) is 26.3. The number of ether oxygens (including phenoxy) is 1. The average molecular weight is 400 g/mol. The van der Waals surface area contributed by atoms with E-state index in [2.05, 4.69) is 22.5 Å². The van der Waals surface area contributed by atoms with E-state index in [1.54, 1.807) is 30.3 Å². The fourth-order valence-electron chi connectivity index (χ4n) is 4.19. The second-order valence-electron chi connectivity index (χ2n) is 7.54. The van der Waals surface area contributed by atoms with E-state index in [0.29, 0.717) is 28.3 Å².